The van der Waals surface area contributed by atoms with Gasteiger partial charge in [-0.05, 0) is 31.7 Å². The first-order valence-corrected chi connectivity index (χ1v) is 6.68. The Bertz CT molecular complexity index is 390. The van der Waals surface area contributed by atoms with Crippen LogP contribution in [0.1, 0.15) is 31.7 Å². The fourth-order valence-electron chi connectivity index (χ4n) is 1.73. The fourth-order valence-corrected chi connectivity index (χ4v) is 1.73. The first-order valence-electron chi connectivity index (χ1n) is 6.68. The van der Waals surface area contributed by atoms with Crippen molar-refractivity contribution in [1.82, 2.24) is 5.32 Å². The van der Waals surface area contributed by atoms with E-state index < -0.39 is 0 Å². The Hall–Kier alpha value is -1.84. The number of carbonyl (C=O) groups is 2. The molecular formula is C15H21NO3. The minimum atomic E-state index is -0.389. The molecule has 0 radical (unpaired) electrons. The second-order valence-corrected chi connectivity index (χ2v) is 4.27. The van der Waals surface area contributed by atoms with Crippen molar-refractivity contribution >= 4 is 11.9 Å². The van der Waals surface area contributed by atoms with Crippen molar-refractivity contribution in [3.8, 4) is 0 Å². The van der Waals surface area contributed by atoms with E-state index in [9.17, 15) is 9.59 Å². The minimum absolute atomic E-state index is 0.0364. The van der Waals surface area contributed by atoms with Crippen LogP contribution in [0.2, 0.25) is 0 Å². The maximum Gasteiger partial charge on any atom is 0.325 e. The maximum absolute atomic E-state index is 11.4. The lowest BCUT2D eigenvalue weighted by Gasteiger charge is -2.05. The van der Waals surface area contributed by atoms with Gasteiger partial charge in [-0.15, -0.1) is 0 Å². The molecule has 1 amide bonds. The van der Waals surface area contributed by atoms with Gasteiger partial charge < -0.3 is 10.1 Å². The number of benzene rings is 1. The predicted octanol–water partition coefficient (Wildman–Crippen LogP) is 2.08. The highest BCUT2D eigenvalue weighted by molar-refractivity contribution is 5.81. The van der Waals surface area contributed by atoms with Crippen LogP contribution in [0, 0.1) is 0 Å². The van der Waals surface area contributed by atoms with Crippen LogP contribution in [0.25, 0.3) is 0 Å². The zero-order chi connectivity index (χ0) is 13.9. The average molecular weight is 263 g/mol. The molecule has 0 saturated carbocycles. The SMILES string of the molecule is CCOC(=O)CNC(=O)CCCCc1ccccc1. The molecule has 0 unspecified atom stereocenters. The summed E-state index contributed by atoms with van der Waals surface area (Å²) in [6.45, 7) is 2.04. The Balaban J connectivity index is 2.06. The molecule has 0 aliphatic rings. The van der Waals surface area contributed by atoms with E-state index in [2.05, 4.69) is 17.4 Å². The molecular weight excluding hydrogens is 242 g/mol. The van der Waals surface area contributed by atoms with E-state index in [0.29, 0.717) is 13.0 Å². The lowest BCUT2D eigenvalue weighted by molar-refractivity contribution is -0.143. The highest BCUT2D eigenvalue weighted by Gasteiger charge is 2.05. The molecule has 1 N–H and O–H groups in total. The third-order valence-electron chi connectivity index (χ3n) is 2.70. The summed E-state index contributed by atoms with van der Waals surface area (Å²) < 4.78 is 4.72. The van der Waals surface area contributed by atoms with Gasteiger partial charge >= 0.3 is 5.97 Å². The number of hydrogen-bond acceptors (Lipinski definition) is 3. The fraction of sp³-hybridized carbons (Fsp3) is 0.467. The van der Waals surface area contributed by atoms with Crippen LogP contribution < -0.4 is 5.32 Å². The van der Waals surface area contributed by atoms with E-state index in [1.54, 1.807) is 6.92 Å². The molecule has 0 aliphatic carbocycles. The predicted molar refractivity (Wildman–Crippen MR) is 73.6 cm³/mol. The van der Waals surface area contributed by atoms with Crippen LogP contribution in [0.5, 0.6) is 0 Å². The summed E-state index contributed by atoms with van der Waals surface area (Å²) in [6.07, 6.45) is 3.22. The van der Waals surface area contributed by atoms with Crippen molar-refractivity contribution < 1.29 is 14.3 Å². The van der Waals surface area contributed by atoms with E-state index in [1.807, 2.05) is 18.2 Å². The second-order valence-electron chi connectivity index (χ2n) is 4.27. The van der Waals surface area contributed by atoms with Gasteiger partial charge in [-0.3, -0.25) is 9.59 Å². The number of unbranched alkanes of at least 4 members (excludes halogenated alkanes) is 1. The summed E-state index contributed by atoms with van der Waals surface area (Å²) in [6, 6.07) is 10.2. The summed E-state index contributed by atoms with van der Waals surface area (Å²) in [5, 5.41) is 2.55. The number of ether oxygens (including phenoxy) is 1. The number of esters is 1. The van der Waals surface area contributed by atoms with Gasteiger partial charge in [-0.25, -0.2) is 0 Å². The average Bonchev–Trinajstić information content (AvgIpc) is 2.43. The van der Waals surface area contributed by atoms with Crippen molar-refractivity contribution in [2.45, 2.75) is 32.6 Å². The van der Waals surface area contributed by atoms with Gasteiger partial charge in [0.15, 0.2) is 0 Å². The maximum atomic E-state index is 11.4. The number of nitrogens with one attached hydrogen (secondary N) is 1. The van der Waals surface area contributed by atoms with Crippen molar-refractivity contribution in [3.63, 3.8) is 0 Å². The molecule has 0 saturated heterocycles. The van der Waals surface area contributed by atoms with E-state index in [1.165, 1.54) is 5.56 Å². The van der Waals surface area contributed by atoms with Crippen molar-refractivity contribution in [2.24, 2.45) is 0 Å². The highest BCUT2D eigenvalue weighted by atomic mass is 16.5. The minimum Gasteiger partial charge on any atom is -0.465 e. The summed E-state index contributed by atoms with van der Waals surface area (Å²) in [7, 11) is 0. The largest absolute Gasteiger partial charge is 0.465 e. The van der Waals surface area contributed by atoms with Gasteiger partial charge in [0.2, 0.25) is 5.91 Å². The van der Waals surface area contributed by atoms with Gasteiger partial charge in [-0.1, -0.05) is 30.3 Å². The van der Waals surface area contributed by atoms with E-state index in [4.69, 9.17) is 4.74 Å². The lowest BCUT2D eigenvalue weighted by atomic mass is 10.1. The molecule has 4 heteroatoms. The Labute approximate surface area is 114 Å². The third kappa shape index (κ3) is 7.24. The van der Waals surface area contributed by atoms with Crippen molar-refractivity contribution in [2.75, 3.05) is 13.2 Å². The first-order chi connectivity index (χ1) is 9.22. The Morgan fingerprint density at radius 1 is 1.16 bits per heavy atom. The van der Waals surface area contributed by atoms with Crippen LogP contribution in [0.15, 0.2) is 30.3 Å². The number of amides is 1. The van der Waals surface area contributed by atoms with E-state index >= 15 is 0 Å². The smallest absolute Gasteiger partial charge is 0.325 e. The van der Waals surface area contributed by atoms with Gasteiger partial charge in [-0.2, -0.15) is 0 Å². The molecule has 4 nitrogen and oxygen atoms in total. The number of carbonyl (C=O) groups excluding carboxylic acids is 2. The zero-order valence-electron chi connectivity index (χ0n) is 11.4. The summed E-state index contributed by atoms with van der Waals surface area (Å²) in [4.78, 5) is 22.5. The summed E-state index contributed by atoms with van der Waals surface area (Å²) in [5.41, 5.74) is 1.29. The normalized spacial score (nSPS) is 9.95. The second kappa shape index (κ2) is 9.14. The zero-order valence-corrected chi connectivity index (χ0v) is 11.4. The van der Waals surface area contributed by atoms with Crippen LogP contribution in [0.3, 0.4) is 0 Å². The summed E-state index contributed by atoms with van der Waals surface area (Å²) >= 11 is 0. The van der Waals surface area contributed by atoms with Gasteiger partial charge in [0, 0.05) is 6.42 Å². The molecule has 0 bridgehead atoms. The molecule has 0 atom stereocenters. The Morgan fingerprint density at radius 2 is 1.89 bits per heavy atom. The van der Waals surface area contributed by atoms with Crippen molar-refractivity contribution in [3.05, 3.63) is 35.9 Å². The van der Waals surface area contributed by atoms with E-state index in [0.717, 1.165) is 19.3 Å². The van der Waals surface area contributed by atoms with Crippen LogP contribution in [-0.4, -0.2) is 25.0 Å². The Kier molecular flexibility index (Phi) is 7.32. The first kappa shape index (κ1) is 15.2. The highest BCUT2D eigenvalue weighted by Crippen LogP contribution is 2.05. The third-order valence-corrected chi connectivity index (χ3v) is 2.70. The van der Waals surface area contributed by atoms with Crippen LogP contribution in [0.4, 0.5) is 0 Å². The molecule has 0 aromatic heterocycles. The topological polar surface area (TPSA) is 55.4 Å². The summed E-state index contributed by atoms with van der Waals surface area (Å²) in [5.74, 6) is -0.485. The van der Waals surface area contributed by atoms with Gasteiger partial charge in [0.25, 0.3) is 0 Å². The Morgan fingerprint density at radius 3 is 2.58 bits per heavy atom. The van der Waals surface area contributed by atoms with Crippen LogP contribution in [-0.2, 0) is 20.7 Å². The molecule has 1 aromatic rings. The van der Waals surface area contributed by atoms with Gasteiger partial charge in [0.05, 0.1) is 6.61 Å². The molecule has 0 aliphatic heterocycles. The van der Waals surface area contributed by atoms with Crippen LogP contribution >= 0.6 is 0 Å². The number of aryl methyl sites for hydroxylation is 1. The molecule has 1 rings (SSSR count). The molecule has 19 heavy (non-hydrogen) atoms. The van der Waals surface area contributed by atoms with Gasteiger partial charge in [0.1, 0.15) is 6.54 Å². The van der Waals surface area contributed by atoms with Crippen molar-refractivity contribution in [1.29, 1.82) is 0 Å². The molecule has 0 fully saturated rings. The molecule has 0 spiro atoms. The standard InChI is InChI=1S/C15H21NO3/c1-2-19-15(18)12-16-14(17)11-7-6-10-13-8-4-3-5-9-13/h3-5,8-9H,2,6-7,10-12H2,1H3,(H,16,17). The monoisotopic (exact) mass is 263 g/mol. The molecule has 0 heterocycles. The van der Waals surface area contributed by atoms with E-state index in [-0.39, 0.29) is 18.4 Å². The molecule has 104 valence electrons. The number of rotatable bonds is 8. The lowest BCUT2D eigenvalue weighted by Crippen LogP contribution is -2.30. The number of hydrogen-bond donors (Lipinski definition) is 1. The quantitative estimate of drug-likeness (QED) is 0.577. The molecule has 1 aromatic carbocycles.